The molecule has 3 atom stereocenters. The Labute approximate surface area is 85.0 Å². The Morgan fingerprint density at radius 2 is 2.14 bits per heavy atom. The lowest BCUT2D eigenvalue weighted by Gasteiger charge is -2.22. The summed E-state index contributed by atoms with van der Waals surface area (Å²) in [6.07, 6.45) is 2.85. The van der Waals surface area contributed by atoms with E-state index >= 15 is 0 Å². The van der Waals surface area contributed by atoms with Crippen LogP contribution in [0.1, 0.15) is 40.0 Å². The molecule has 3 heteroatoms. The minimum absolute atomic E-state index is 0.0250. The van der Waals surface area contributed by atoms with Crippen LogP contribution in [0.5, 0.6) is 0 Å². The zero-order valence-corrected chi connectivity index (χ0v) is 9.17. The molecule has 2 fully saturated rings. The number of fused-ring (bicyclic) bond motifs is 1. The van der Waals surface area contributed by atoms with E-state index in [0.29, 0.717) is 5.92 Å². The van der Waals surface area contributed by atoms with Crippen molar-refractivity contribution in [2.24, 2.45) is 17.1 Å². The van der Waals surface area contributed by atoms with Crippen LogP contribution in [0.4, 0.5) is 0 Å². The van der Waals surface area contributed by atoms with E-state index < -0.39 is 0 Å². The average molecular weight is 197 g/mol. The van der Waals surface area contributed by atoms with Crippen LogP contribution in [0.2, 0.25) is 0 Å². The van der Waals surface area contributed by atoms with Crippen molar-refractivity contribution in [3.63, 3.8) is 0 Å². The van der Waals surface area contributed by atoms with Crippen LogP contribution in [0.15, 0.2) is 0 Å². The summed E-state index contributed by atoms with van der Waals surface area (Å²) in [6.45, 7) is 5.73. The first-order valence-electron chi connectivity index (χ1n) is 5.34. The van der Waals surface area contributed by atoms with Gasteiger partial charge >= 0.3 is 5.97 Å². The van der Waals surface area contributed by atoms with Gasteiger partial charge in [-0.05, 0) is 46.0 Å². The third-order valence-electron chi connectivity index (χ3n) is 3.38. The van der Waals surface area contributed by atoms with E-state index in [2.05, 4.69) is 0 Å². The molecular weight excluding hydrogens is 178 g/mol. The smallest absolute Gasteiger partial charge is 0.312 e. The van der Waals surface area contributed by atoms with Gasteiger partial charge in [-0.25, -0.2) is 0 Å². The fourth-order valence-electron chi connectivity index (χ4n) is 2.52. The molecule has 0 aromatic rings. The lowest BCUT2D eigenvalue weighted by atomic mass is 10.0. The van der Waals surface area contributed by atoms with Crippen molar-refractivity contribution >= 4 is 5.97 Å². The maximum atomic E-state index is 11.9. The lowest BCUT2D eigenvalue weighted by molar-refractivity contribution is -0.162. The molecule has 3 nitrogen and oxygen atoms in total. The molecule has 0 aromatic heterocycles. The molecule has 14 heavy (non-hydrogen) atoms. The maximum Gasteiger partial charge on any atom is 0.312 e. The Kier molecular flexibility index (Phi) is 1.94. The number of hydrogen-bond donors (Lipinski definition) is 1. The SMILES string of the molecule is CC(C)(C)OC(=O)[C@@]12CC[C@H](N)[C@@H]1C2. The van der Waals surface area contributed by atoms with E-state index in [0.717, 1.165) is 19.3 Å². The van der Waals surface area contributed by atoms with E-state index in [1.54, 1.807) is 0 Å². The lowest BCUT2D eigenvalue weighted by Crippen LogP contribution is -2.30. The van der Waals surface area contributed by atoms with Gasteiger partial charge in [-0.15, -0.1) is 0 Å². The highest BCUT2D eigenvalue weighted by Gasteiger charge is 2.66. The number of rotatable bonds is 1. The van der Waals surface area contributed by atoms with Crippen LogP contribution >= 0.6 is 0 Å². The molecule has 0 aliphatic heterocycles. The molecule has 0 amide bonds. The normalized spacial score (nSPS) is 40.6. The number of ether oxygens (including phenoxy) is 1. The van der Waals surface area contributed by atoms with Crippen molar-refractivity contribution in [1.29, 1.82) is 0 Å². The summed E-state index contributed by atoms with van der Waals surface area (Å²) in [6, 6.07) is 0.225. The fraction of sp³-hybridized carbons (Fsp3) is 0.909. The van der Waals surface area contributed by atoms with Crippen LogP contribution in [0, 0.1) is 11.3 Å². The van der Waals surface area contributed by atoms with Gasteiger partial charge < -0.3 is 10.5 Å². The predicted octanol–water partition coefficient (Wildman–Crippen LogP) is 1.46. The summed E-state index contributed by atoms with van der Waals surface area (Å²) in [5, 5.41) is 0. The van der Waals surface area contributed by atoms with Crippen molar-refractivity contribution in [1.82, 2.24) is 0 Å². The maximum absolute atomic E-state index is 11.9. The van der Waals surface area contributed by atoms with Gasteiger partial charge in [0.05, 0.1) is 5.41 Å². The molecule has 0 aromatic carbocycles. The van der Waals surface area contributed by atoms with Crippen molar-refractivity contribution in [3.8, 4) is 0 Å². The third kappa shape index (κ3) is 1.44. The minimum Gasteiger partial charge on any atom is -0.460 e. The van der Waals surface area contributed by atoms with E-state index in [-0.39, 0.29) is 23.0 Å². The Morgan fingerprint density at radius 3 is 2.50 bits per heavy atom. The highest BCUT2D eigenvalue weighted by Crippen LogP contribution is 2.63. The van der Waals surface area contributed by atoms with Crippen LogP contribution in [-0.4, -0.2) is 17.6 Å². The van der Waals surface area contributed by atoms with Crippen molar-refractivity contribution < 1.29 is 9.53 Å². The third-order valence-corrected chi connectivity index (χ3v) is 3.38. The van der Waals surface area contributed by atoms with E-state index in [9.17, 15) is 4.79 Å². The summed E-state index contributed by atoms with van der Waals surface area (Å²) >= 11 is 0. The molecule has 2 N–H and O–H groups in total. The molecule has 0 radical (unpaired) electrons. The van der Waals surface area contributed by atoms with Crippen LogP contribution in [-0.2, 0) is 9.53 Å². The molecule has 2 aliphatic rings. The molecule has 80 valence electrons. The highest BCUT2D eigenvalue weighted by atomic mass is 16.6. The number of hydrogen-bond acceptors (Lipinski definition) is 3. The van der Waals surface area contributed by atoms with Gasteiger partial charge in [-0.2, -0.15) is 0 Å². The Balaban J connectivity index is 2.01. The molecule has 2 rings (SSSR count). The number of nitrogens with two attached hydrogens (primary N) is 1. The predicted molar refractivity (Wildman–Crippen MR) is 53.6 cm³/mol. The van der Waals surface area contributed by atoms with Crippen molar-refractivity contribution in [2.45, 2.75) is 51.7 Å². The Hall–Kier alpha value is -0.570. The second-order valence-electron chi connectivity index (χ2n) is 5.67. The van der Waals surface area contributed by atoms with Gasteiger partial charge in [0.15, 0.2) is 0 Å². The van der Waals surface area contributed by atoms with Crippen LogP contribution in [0.3, 0.4) is 0 Å². The topological polar surface area (TPSA) is 52.3 Å². The molecule has 0 heterocycles. The van der Waals surface area contributed by atoms with Gasteiger partial charge in [0.25, 0.3) is 0 Å². The summed E-state index contributed by atoms with van der Waals surface area (Å²) in [7, 11) is 0. The molecular formula is C11H19NO2. The van der Waals surface area contributed by atoms with Gasteiger partial charge in [-0.1, -0.05) is 0 Å². The summed E-state index contributed by atoms with van der Waals surface area (Å²) < 4.78 is 5.42. The molecule has 2 saturated carbocycles. The fourth-order valence-corrected chi connectivity index (χ4v) is 2.52. The van der Waals surface area contributed by atoms with Crippen molar-refractivity contribution in [2.75, 3.05) is 0 Å². The second kappa shape index (κ2) is 2.72. The van der Waals surface area contributed by atoms with E-state index in [1.165, 1.54) is 0 Å². The average Bonchev–Trinajstić information content (AvgIpc) is 2.66. The van der Waals surface area contributed by atoms with Gasteiger partial charge in [0.2, 0.25) is 0 Å². The minimum atomic E-state index is -0.369. The van der Waals surface area contributed by atoms with E-state index in [4.69, 9.17) is 10.5 Å². The Bertz CT molecular complexity index is 269. The second-order valence-corrected chi connectivity index (χ2v) is 5.67. The van der Waals surface area contributed by atoms with Crippen LogP contribution in [0.25, 0.3) is 0 Å². The first-order chi connectivity index (χ1) is 6.35. The van der Waals surface area contributed by atoms with Gasteiger partial charge in [-0.3, -0.25) is 4.79 Å². The highest BCUT2D eigenvalue weighted by molar-refractivity contribution is 5.81. The monoisotopic (exact) mass is 197 g/mol. The summed E-state index contributed by atoms with van der Waals surface area (Å²) in [4.78, 5) is 11.9. The number of esters is 1. The zero-order chi connectivity index (χ0) is 10.6. The largest absolute Gasteiger partial charge is 0.460 e. The standard InChI is InChI=1S/C11H19NO2/c1-10(2,3)14-9(13)11-5-4-8(12)7(11)6-11/h7-8H,4-6,12H2,1-3H3/t7-,8-,11+/m0/s1. The van der Waals surface area contributed by atoms with Gasteiger partial charge in [0.1, 0.15) is 5.60 Å². The molecule has 0 bridgehead atoms. The van der Waals surface area contributed by atoms with Crippen molar-refractivity contribution in [3.05, 3.63) is 0 Å². The van der Waals surface area contributed by atoms with Crippen LogP contribution < -0.4 is 5.73 Å². The first kappa shape index (κ1) is 9.97. The first-order valence-corrected chi connectivity index (χ1v) is 5.34. The molecule has 0 saturated heterocycles. The van der Waals surface area contributed by atoms with Gasteiger partial charge in [0, 0.05) is 6.04 Å². The summed E-state index contributed by atoms with van der Waals surface area (Å²) in [5.41, 5.74) is 5.34. The molecule has 2 aliphatic carbocycles. The summed E-state index contributed by atoms with van der Waals surface area (Å²) in [5.74, 6) is 0.375. The Morgan fingerprint density at radius 1 is 1.50 bits per heavy atom. The molecule has 0 spiro atoms. The van der Waals surface area contributed by atoms with E-state index in [1.807, 2.05) is 20.8 Å². The number of carbonyl (C=O) groups is 1. The molecule has 0 unspecified atom stereocenters. The zero-order valence-electron chi connectivity index (χ0n) is 9.17. The number of carbonyl (C=O) groups excluding carboxylic acids is 1. The quantitative estimate of drug-likeness (QED) is 0.647.